The highest BCUT2D eigenvalue weighted by Gasteiger charge is 2.12. The Hall–Kier alpha value is -1.80. The molecule has 104 valence electrons. The quantitative estimate of drug-likeness (QED) is 0.728. The number of ether oxygens (including phenoxy) is 1. The SMILES string of the molecule is CCOCn1cc(Br)c2ccc(-c3nnnn3C)nc21. The van der Waals surface area contributed by atoms with Crippen molar-refractivity contribution in [3.05, 3.63) is 22.8 Å². The summed E-state index contributed by atoms with van der Waals surface area (Å²) in [6.07, 6.45) is 1.96. The van der Waals surface area contributed by atoms with Crippen molar-refractivity contribution in [1.29, 1.82) is 0 Å². The Morgan fingerprint density at radius 2 is 2.20 bits per heavy atom. The van der Waals surface area contributed by atoms with E-state index in [1.54, 1.807) is 11.7 Å². The molecule has 8 heteroatoms. The van der Waals surface area contributed by atoms with Crippen LogP contribution in [0.15, 0.2) is 22.8 Å². The Morgan fingerprint density at radius 3 is 2.90 bits per heavy atom. The molecule has 0 aliphatic rings. The van der Waals surface area contributed by atoms with Crippen LogP contribution in [0.2, 0.25) is 0 Å². The zero-order chi connectivity index (χ0) is 14.1. The van der Waals surface area contributed by atoms with Crippen molar-refractivity contribution in [1.82, 2.24) is 29.8 Å². The number of pyridine rings is 1. The third kappa shape index (κ3) is 2.20. The topological polar surface area (TPSA) is 70.7 Å². The van der Waals surface area contributed by atoms with Gasteiger partial charge in [0.25, 0.3) is 0 Å². The predicted octanol–water partition coefficient (Wildman–Crippen LogP) is 1.98. The van der Waals surface area contributed by atoms with Gasteiger partial charge in [-0.3, -0.25) is 0 Å². The highest BCUT2D eigenvalue weighted by molar-refractivity contribution is 9.10. The lowest BCUT2D eigenvalue weighted by Crippen LogP contribution is -2.03. The fraction of sp³-hybridized carbons (Fsp3) is 0.333. The summed E-state index contributed by atoms with van der Waals surface area (Å²) in [5.41, 5.74) is 1.57. The lowest BCUT2D eigenvalue weighted by Gasteiger charge is -2.05. The van der Waals surface area contributed by atoms with E-state index < -0.39 is 0 Å². The van der Waals surface area contributed by atoms with Crippen LogP contribution in [-0.2, 0) is 18.5 Å². The smallest absolute Gasteiger partial charge is 0.200 e. The zero-order valence-electron chi connectivity index (χ0n) is 11.1. The van der Waals surface area contributed by atoms with Crippen LogP contribution in [0.4, 0.5) is 0 Å². The summed E-state index contributed by atoms with van der Waals surface area (Å²) in [4.78, 5) is 4.64. The number of fused-ring (bicyclic) bond motifs is 1. The second-order valence-corrected chi connectivity index (χ2v) is 5.12. The van der Waals surface area contributed by atoms with E-state index in [2.05, 4.69) is 36.4 Å². The molecule has 3 heterocycles. The first-order valence-electron chi connectivity index (χ1n) is 6.16. The van der Waals surface area contributed by atoms with Gasteiger partial charge < -0.3 is 9.30 Å². The van der Waals surface area contributed by atoms with E-state index in [-0.39, 0.29) is 0 Å². The molecule has 0 spiro atoms. The van der Waals surface area contributed by atoms with Gasteiger partial charge in [0, 0.05) is 29.7 Å². The van der Waals surface area contributed by atoms with Gasteiger partial charge in [0.1, 0.15) is 18.1 Å². The molecular weight excluding hydrogens is 324 g/mol. The summed E-state index contributed by atoms with van der Waals surface area (Å²) >= 11 is 3.54. The lowest BCUT2D eigenvalue weighted by molar-refractivity contribution is 0.0905. The van der Waals surface area contributed by atoms with E-state index in [4.69, 9.17) is 4.74 Å². The average Bonchev–Trinajstić information content (AvgIpc) is 3.01. The van der Waals surface area contributed by atoms with E-state index in [1.165, 1.54) is 0 Å². The summed E-state index contributed by atoms with van der Waals surface area (Å²) < 4.78 is 9.99. The van der Waals surface area contributed by atoms with Gasteiger partial charge in [-0.1, -0.05) is 0 Å². The largest absolute Gasteiger partial charge is 0.361 e. The number of tetrazole rings is 1. The first-order chi connectivity index (χ1) is 9.70. The van der Waals surface area contributed by atoms with Crippen molar-refractivity contribution in [2.75, 3.05) is 6.61 Å². The van der Waals surface area contributed by atoms with Gasteiger partial charge in [-0.15, -0.1) is 5.10 Å². The van der Waals surface area contributed by atoms with Gasteiger partial charge in [-0.2, -0.15) is 0 Å². The maximum atomic E-state index is 5.45. The number of hydrogen-bond donors (Lipinski definition) is 0. The zero-order valence-corrected chi connectivity index (χ0v) is 12.7. The molecule has 3 aromatic heterocycles. The molecule has 0 saturated carbocycles. The van der Waals surface area contributed by atoms with E-state index in [0.717, 1.165) is 21.2 Å². The number of aryl methyl sites for hydroxylation is 1. The Bertz CT molecular complexity index is 750. The summed E-state index contributed by atoms with van der Waals surface area (Å²) in [6, 6.07) is 3.91. The van der Waals surface area contributed by atoms with Gasteiger partial charge in [-0.25, -0.2) is 9.67 Å². The van der Waals surface area contributed by atoms with Crippen LogP contribution in [0.3, 0.4) is 0 Å². The third-order valence-corrected chi connectivity index (χ3v) is 3.59. The Kier molecular flexibility index (Phi) is 3.49. The summed E-state index contributed by atoms with van der Waals surface area (Å²) in [5.74, 6) is 0.632. The van der Waals surface area contributed by atoms with Gasteiger partial charge in [0.15, 0.2) is 5.82 Å². The maximum Gasteiger partial charge on any atom is 0.200 e. The van der Waals surface area contributed by atoms with E-state index in [1.807, 2.05) is 29.8 Å². The van der Waals surface area contributed by atoms with Gasteiger partial charge >= 0.3 is 0 Å². The molecule has 3 aromatic rings. The summed E-state index contributed by atoms with van der Waals surface area (Å²) in [5, 5.41) is 12.5. The molecule has 3 rings (SSSR count). The minimum atomic E-state index is 0.464. The monoisotopic (exact) mass is 336 g/mol. The van der Waals surface area contributed by atoms with Gasteiger partial charge in [0.2, 0.25) is 0 Å². The van der Waals surface area contributed by atoms with Gasteiger partial charge in [-0.05, 0) is 45.4 Å². The summed E-state index contributed by atoms with van der Waals surface area (Å²) in [7, 11) is 1.79. The van der Waals surface area contributed by atoms with Crippen LogP contribution in [-0.4, -0.2) is 36.4 Å². The third-order valence-electron chi connectivity index (χ3n) is 2.96. The molecule has 7 nitrogen and oxygen atoms in total. The highest BCUT2D eigenvalue weighted by atomic mass is 79.9. The second kappa shape index (κ2) is 5.29. The fourth-order valence-corrected chi connectivity index (χ4v) is 2.54. The van der Waals surface area contributed by atoms with Crippen molar-refractivity contribution >= 4 is 27.0 Å². The number of rotatable bonds is 4. The molecule has 0 atom stereocenters. The van der Waals surface area contributed by atoms with Crippen molar-refractivity contribution in [3.63, 3.8) is 0 Å². The standard InChI is InChI=1S/C12H13BrN6O/c1-3-20-7-19-6-9(13)8-4-5-10(14-11(8)19)12-15-16-17-18(12)2/h4-6H,3,7H2,1-2H3. The molecule has 20 heavy (non-hydrogen) atoms. The normalized spacial score (nSPS) is 11.3. The summed E-state index contributed by atoms with van der Waals surface area (Å²) in [6.45, 7) is 3.08. The molecule has 0 aromatic carbocycles. The Balaban J connectivity index is 2.11. The molecular formula is C12H13BrN6O. The van der Waals surface area contributed by atoms with E-state index in [9.17, 15) is 0 Å². The molecule has 0 bridgehead atoms. The fourth-order valence-electron chi connectivity index (χ4n) is 1.98. The van der Waals surface area contributed by atoms with E-state index >= 15 is 0 Å². The molecule has 0 radical (unpaired) electrons. The Morgan fingerprint density at radius 1 is 1.35 bits per heavy atom. The lowest BCUT2D eigenvalue weighted by atomic mass is 10.3. The second-order valence-electron chi connectivity index (χ2n) is 4.26. The van der Waals surface area contributed by atoms with Crippen LogP contribution >= 0.6 is 15.9 Å². The molecule has 0 unspecified atom stereocenters. The number of aromatic nitrogens is 6. The molecule has 0 fully saturated rings. The molecule has 0 amide bonds. The minimum absolute atomic E-state index is 0.464. The Labute approximate surface area is 123 Å². The molecule has 0 saturated heterocycles. The number of nitrogens with zero attached hydrogens (tertiary/aromatic N) is 6. The maximum absolute atomic E-state index is 5.45. The van der Waals surface area contributed by atoms with Crippen LogP contribution < -0.4 is 0 Å². The first kappa shape index (κ1) is 13.2. The first-order valence-corrected chi connectivity index (χ1v) is 6.96. The number of halogens is 1. The van der Waals surface area contributed by atoms with Crippen molar-refractivity contribution in [2.24, 2.45) is 7.05 Å². The predicted molar refractivity (Wildman–Crippen MR) is 76.9 cm³/mol. The molecule has 0 aliphatic carbocycles. The van der Waals surface area contributed by atoms with E-state index in [0.29, 0.717) is 19.2 Å². The molecule has 0 N–H and O–H groups in total. The van der Waals surface area contributed by atoms with Crippen molar-refractivity contribution in [2.45, 2.75) is 13.7 Å². The van der Waals surface area contributed by atoms with Crippen LogP contribution in [0.5, 0.6) is 0 Å². The van der Waals surface area contributed by atoms with Crippen LogP contribution in [0, 0.1) is 0 Å². The van der Waals surface area contributed by atoms with Crippen LogP contribution in [0.1, 0.15) is 6.92 Å². The van der Waals surface area contributed by atoms with Crippen LogP contribution in [0.25, 0.3) is 22.6 Å². The highest BCUT2D eigenvalue weighted by Crippen LogP contribution is 2.27. The van der Waals surface area contributed by atoms with Crippen molar-refractivity contribution < 1.29 is 4.74 Å². The number of hydrogen-bond acceptors (Lipinski definition) is 5. The minimum Gasteiger partial charge on any atom is -0.361 e. The van der Waals surface area contributed by atoms with Crippen molar-refractivity contribution in [3.8, 4) is 11.5 Å². The average molecular weight is 337 g/mol. The molecule has 0 aliphatic heterocycles. The van der Waals surface area contributed by atoms with Gasteiger partial charge in [0.05, 0.1) is 0 Å².